The summed E-state index contributed by atoms with van der Waals surface area (Å²) in [5, 5.41) is 2.60. The zero-order valence-corrected chi connectivity index (χ0v) is 38.8. The highest BCUT2D eigenvalue weighted by Gasteiger charge is 2.48. The predicted molar refractivity (Wildman–Crippen MR) is 248 cm³/mol. The summed E-state index contributed by atoms with van der Waals surface area (Å²) in [5.41, 5.74) is 5.14. The zero-order valence-electron chi connectivity index (χ0n) is 38.8. The molecular formula is C54H81NO3. The van der Waals surface area contributed by atoms with Crippen LogP contribution in [0, 0.1) is 21.7 Å². The van der Waals surface area contributed by atoms with Crippen LogP contribution in [0.5, 0.6) is 0 Å². The first-order valence-electron chi connectivity index (χ1n) is 23.4. The molecular weight excluding hydrogens is 711 g/mol. The van der Waals surface area contributed by atoms with E-state index >= 15 is 0 Å². The molecule has 58 heavy (non-hydrogen) atoms. The molecule has 1 aliphatic carbocycles. The molecule has 4 heteroatoms. The molecule has 3 aromatic rings. The first kappa shape index (κ1) is 48.8. The molecule has 0 saturated carbocycles. The molecule has 4 nitrogen and oxygen atoms in total. The van der Waals surface area contributed by atoms with Crippen molar-refractivity contribution in [3.8, 4) is 0 Å². The van der Waals surface area contributed by atoms with Crippen molar-refractivity contribution in [3.63, 3.8) is 0 Å². The third kappa shape index (κ3) is 11.8. The number of anilines is 1. The van der Waals surface area contributed by atoms with Crippen LogP contribution in [0.25, 0.3) is 0 Å². The Balaban J connectivity index is 0.000000372. The highest BCUT2D eigenvalue weighted by molar-refractivity contribution is 6.30. The van der Waals surface area contributed by atoms with Gasteiger partial charge in [-0.3, -0.25) is 14.4 Å². The van der Waals surface area contributed by atoms with E-state index in [9.17, 15) is 14.4 Å². The maximum atomic E-state index is 12.6. The minimum Gasteiger partial charge on any atom is -0.326 e. The number of ketones is 2. The lowest BCUT2D eigenvalue weighted by atomic mass is 9.52. The molecule has 3 aromatic carbocycles. The summed E-state index contributed by atoms with van der Waals surface area (Å²) in [4.78, 5) is 36.2. The Hall–Kier alpha value is -3.53. The summed E-state index contributed by atoms with van der Waals surface area (Å²) >= 11 is 0. The smallest absolute Gasteiger partial charge is 0.221 e. The van der Waals surface area contributed by atoms with Crippen molar-refractivity contribution in [2.24, 2.45) is 21.7 Å². The number of carbonyl (C=O) groups excluding carboxylic acids is 3. The molecule has 0 heterocycles. The van der Waals surface area contributed by atoms with E-state index in [1.807, 2.05) is 0 Å². The van der Waals surface area contributed by atoms with Gasteiger partial charge in [-0.25, -0.2) is 0 Å². The molecule has 0 bridgehead atoms. The Morgan fingerprint density at radius 1 is 0.534 bits per heavy atom. The van der Waals surface area contributed by atoms with Crippen molar-refractivity contribution < 1.29 is 14.4 Å². The maximum Gasteiger partial charge on any atom is 0.221 e. The van der Waals surface area contributed by atoms with Gasteiger partial charge in [0, 0.05) is 23.6 Å². The number of unbranched alkanes of at least 4 members (excludes halogenated alkanes) is 2. The second kappa shape index (κ2) is 22.7. The molecule has 0 radical (unpaired) electrons. The largest absolute Gasteiger partial charge is 0.326 e. The van der Waals surface area contributed by atoms with Gasteiger partial charge in [0.1, 0.15) is 0 Å². The quantitative estimate of drug-likeness (QED) is 0.0761. The molecule has 0 fully saturated rings. The fraction of sp³-hybridized carbons (Fsp3) is 0.611. The standard InChI is InChI=1S/C38H70.C16H11NO3/c1-11-21-25-28-37(19-9,20-10)32-38(30-35(13-3,14-4)15-5,31-36(16-6,17-7)18-8)29-33(12-2)34-26-23-22-24-27-34;1-9(18)17-13-8-4-7-12-14(13)16(20)11-6-3-2-5-10(11)15(12)19/h22-24,26-27,33H,11-21,25,28-32H2,1-10H3;2-8H,1H3,(H,17,18). The number of amides is 1. The predicted octanol–water partition coefficient (Wildman–Crippen LogP) is 16.0. The van der Waals surface area contributed by atoms with E-state index in [0.717, 1.165) is 0 Å². The van der Waals surface area contributed by atoms with Crippen molar-refractivity contribution in [1.82, 2.24) is 0 Å². The van der Waals surface area contributed by atoms with Crippen molar-refractivity contribution in [1.29, 1.82) is 0 Å². The first-order valence-corrected chi connectivity index (χ1v) is 23.4. The first-order chi connectivity index (χ1) is 27.8. The van der Waals surface area contributed by atoms with Gasteiger partial charge in [-0.15, -0.1) is 0 Å². The van der Waals surface area contributed by atoms with E-state index in [4.69, 9.17) is 0 Å². The van der Waals surface area contributed by atoms with E-state index in [1.54, 1.807) is 48.0 Å². The van der Waals surface area contributed by atoms with Crippen LogP contribution in [0.2, 0.25) is 0 Å². The second-order valence-corrected chi connectivity index (χ2v) is 18.1. The van der Waals surface area contributed by atoms with Crippen LogP contribution in [0.1, 0.15) is 229 Å². The van der Waals surface area contributed by atoms with E-state index < -0.39 is 0 Å². The zero-order chi connectivity index (χ0) is 43.0. The SMILES string of the molecule is CC(=O)Nc1cccc2c1C(=O)c1ccccc1C2=O.CCCCCC(CC)(CC)CC(CC(CC)c1ccccc1)(CC(CC)(CC)CC)CC(CC)(CC)CC. The Bertz CT molecular complexity index is 1690. The van der Waals surface area contributed by atoms with Crippen LogP contribution in [-0.2, 0) is 4.79 Å². The van der Waals surface area contributed by atoms with Crippen LogP contribution < -0.4 is 5.32 Å². The molecule has 1 aliphatic rings. The molecule has 1 atom stereocenters. The minimum absolute atomic E-state index is 0.192. The van der Waals surface area contributed by atoms with Crippen molar-refractivity contribution in [2.75, 3.05) is 5.32 Å². The summed E-state index contributed by atoms with van der Waals surface area (Å²) in [7, 11) is 0. The average Bonchev–Trinajstić information content (AvgIpc) is 3.26. The van der Waals surface area contributed by atoms with Gasteiger partial charge in [0.25, 0.3) is 0 Å². The van der Waals surface area contributed by atoms with Gasteiger partial charge < -0.3 is 5.32 Å². The summed E-state index contributed by atoms with van der Waals surface area (Å²) < 4.78 is 0. The number of fused-ring (bicyclic) bond motifs is 2. The summed E-state index contributed by atoms with van der Waals surface area (Å²) in [5.74, 6) is -0.0516. The molecule has 0 spiro atoms. The number of hydrogen-bond donors (Lipinski definition) is 1. The van der Waals surface area contributed by atoms with Crippen molar-refractivity contribution >= 4 is 23.2 Å². The fourth-order valence-corrected chi connectivity index (χ4v) is 10.9. The monoisotopic (exact) mass is 792 g/mol. The van der Waals surface area contributed by atoms with Crippen LogP contribution in [0.15, 0.2) is 72.8 Å². The maximum absolute atomic E-state index is 12.6. The van der Waals surface area contributed by atoms with Gasteiger partial charge in [-0.05, 0) is 77.7 Å². The van der Waals surface area contributed by atoms with Crippen LogP contribution >= 0.6 is 0 Å². The number of hydrogen-bond acceptors (Lipinski definition) is 3. The molecule has 4 rings (SSSR count). The van der Waals surface area contributed by atoms with Gasteiger partial charge in [-0.2, -0.15) is 0 Å². The topological polar surface area (TPSA) is 63.2 Å². The van der Waals surface area contributed by atoms with Gasteiger partial charge in [0.05, 0.1) is 11.3 Å². The third-order valence-corrected chi connectivity index (χ3v) is 15.3. The van der Waals surface area contributed by atoms with Crippen LogP contribution in [0.3, 0.4) is 0 Å². The van der Waals surface area contributed by atoms with Gasteiger partial charge in [0.15, 0.2) is 11.6 Å². The molecule has 0 aliphatic heterocycles. The van der Waals surface area contributed by atoms with Crippen molar-refractivity contribution in [2.45, 2.75) is 191 Å². The number of benzene rings is 3. The van der Waals surface area contributed by atoms with E-state index in [0.29, 0.717) is 50.0 Å². The average molecular weight is 792 g/mol. The van der Waals surface area contributed by atoms with E-state index in [2.05, 4.69) is 105 Å². The molecule has 1 unspecified atom stereocenters. The number of carbonyl (C=O) groups is 3. The lowest BCUT2D eigenvalue weighted by Gasteiger charge is -2.53. The number of rotatable bonds is 23. The normalized spacial score (nSPS) is 13.6. The Labute approximate surface area is 355 Å². The van der Waals surface area contributed by atoms with Crippen molar-refractivity contribution in [3.05, 3.63) is 101 Å². The van der Waals surface area contributed by atoms with Crippen LogP contribution in [0.4, 0.5) is 5.69 Å². The summed E-state index contributed by atoms with van der Waals surface area (Å²) in [6.45, 7) is 26.2. The van der Waals surface area contributed by atoms with Crippen LogP contribution in [-0.4, -0.2) is 17.5 Å². The van der Waals surface area contributed by atoms with E-state index in [1.165, 1.54) is 116 Å². The molecule has 1 N–H and O–H groups in total. The molecule has 0 aromatic heterocycles. The van der Waals surface area contributed by atoms with Gasteiger partial charge >= 0.3 is 0 Å². The highest BCUT2D eigenvalue weighted by Crippen LogP contribution is 2.60. The Morgan fingerprint density at radius 2 is 1.00 bits per heavy atom. The summed E-state index contributed by atoms with van der Waals surface area (Å²) in [6, 6.07) is 23.2. The van der Waals surface area contributed by atoms with E-state index in [-0.39, 0.29) is 23.0 Å². The molecule has 1 amide bonds. The van der Waals surface area contributed by atoms with Gasteiger partial charge in [-0.1, -0.05) is 207 Å². The fourth-order valence-electron chi connectivity index (χ4n) is 10.9. The lowest BCUT2D eigenvalue weighted by molar-refractivity contribution is -0.114. The minimum atomic E-state index is -0.280. The third-order valence-electron chi connectivity index (χ3n) is 15.3. The molecule has 0 saturated heterocycles. The summed E-state index contributed by atoms with van der Waals surface area (Å²) in [6.07, 6.45) is 23.1. The Kier molecular flexibility index (Phi) is 19.1. The Morgan fingerprint density at radius 3 is 1.47 bits per heavy atom. The second-order valence-electron chi connectivity index (χ2n) is 18.1. The van der Waals surface area contributed by atoms with Gasteiger partial charge in [0.2, 0.25) is 5.91 Å². The molecule has 320 valence electrons. The lowest BCUT2D eigenvalue weighted by Crippen LogP contribution is -2.41. The highest BCUT2D eigenvalue weighted by atomic mass is 16.2. The number of nitrogens with one attached hydrogen (secondary N) is 1.